The maximum absolute atomic E-state index is 5.92. The largest absolute Gasteiger partial charge is 0.398 e. The Kier molecular flexibility index (Phi) is 5.27. The van der Waals surface area contributed by atoms with Gasteiger partial charge in [0.2, 0.25) is 5.89 Å². The number of hydrogen-bond acceptors (Lipinski definition) is 5. The molecule has 2 N–H and O–H groups in total. The first kappa shape index (κ1) is 14.4. The molecule has 0 saturated heterocycles. The molecular formula is C13H16BrN3OS. The summed E-state index contributed by atoms with van der Waals surface area (Å²) in [5.74, 6) is 2.08. The molecule has 1 aromatic heterocycles. The molecule has 0 unspecified atom stereocenters. The molecule has 0 aliphatic rings. The molecule has 0 radical (unpaired) electrons. The Bertz CT molecular complexity index is 544. The summed E-state index contributed by atoms with van der Waals surface area (Å²) in [6, 6.07) is 5.80. The zero-order chi connectivity index (χ0) is 13.7. The number of nitrogens with two attached hydrogens (primary N) is 1. The van der Waals surface area contributed by atoms with Gasteiger partial charge in [0.15, 0.2) is 5.82 Å². The number of aromatic nitrogens is 2. The second-order valence-electron chi connectivity index (χ2n) is 4.18. The molecule has 1 aromatic carbocycles. The molecule has 0 saturated carbocycles. The summed E-state index contributed by atoms with van der Waals surface area (Å²) in [7, 11) is 0. The van der Waals surface area contributed by atoms with Gasteiger partial charge in [0.25, 0.3) is 0 Å². The fraction of sp³-hybridized carbons (Fsp3) is 0.385. The van der Waals surface area contributed by atoms with Crippen LogP contribution in [0.4, 0.5) is 5.69 Å². The first-order valence-corrected chi connectivity index (χ1v) is 7.96. The predicted octanol–water partition coefficient (Wildman–Crippen LogP) is 4.05. The molecule has 0 amide bonds. The van der Waals surface area contributed by atoms with Crippen molar-refractivity contribution in [3.8, 4) is 0 Å². The van der Waals surface area contributed by atoms with Gasteiger partial charge in [-0.2, -0.15) is 4.98 Å². The number of aryl methyl sites for hydroxylation is 1. The summed E-state index contributed by atoms with van der Waals surface area (Å²) < 4.78 is 6.23. The van der Waals surface area contributed by atoms with Gasteiger partial charge in [-0.05, 0) is 24.6 Å². The van der Waals surface area contributed by atoms with E-state index in [0.29, 0.717) is 11.6 Å². The fourth-order valence-corrected chi connectivity index (χ4v) is 2.91. The van der Waals surface area contributed by atoms with Crippen molar-refractivity contribution in [2.75, 3.05) is 5.73 Å². The van der Waals surface area contributed by atoms with Crippen LogP contribution in [0.2, 0.25) is 0 Å². The molecule has 4 nitrogen and oxygen atoms in total. The van der Waals surface area contributed by atoms with Crippen LogP contribution in [0.5, 0.6) is 0 Å². The Morgan fingerprint density at radius 3 is 3.05 bits per heavy atom. The Morgan fingerprint density at radius 2 is 2.26 bits per heavy atom. The molecule has 2 rings (SSSR count). The molecule has 0 fully saturated rings. The Balaban J connectivity index is 1.94. The summed E-state index contributed by atoms with van der Waals surface area (Å²) >= 11 is 5.04. The van der Waals surface area contributed by atoms with E-state index in [2.05, 4.69) is 33.0 Å². The number of anilines is 1. The van der Waals surface area contributed by atoms with E-state index in [4.69, 9.17) is 10.3 Å². The molecule has 0 aliphatic heterocycles. The molecule has 6 heteroatoms. The zero-order valence-electron chi connectivity index (χ0n) is 10.7. The van der Waals surface area contributed by atoms with Gasteiger partial charge in [-0.15, -0.1) is 11.8 Å². The Morgan fingerprint density at radius 1 is 1.42 bits per heavy atom. The number of unbranched alkanes of at least 4 members (excludes halogenated alkanes) is 1. The van der Waals surface area contributed by atoms with E-state index in [9.17, 15) is 0 Å². The molecule has 1 heterocycles. The fourth-order valence-electron chi connectivity index (χ4n) is 1.56. The van der Waals surface area contributed by atoms with Gasteiger partial charge < -0.3 is 10.3 Å². The number of nitrogen functional groups attached to an aromatic ring is 1. The SMILES string of the molecule is CCCCc1noc(CSc2cc(Br)ccc2N)n1. The van der Waals surface area contributed by atoms with Crippen molar-refractivity contribution in [2.24, 2.45) is 0 Å². The van der Waals surface area contributed by atoms with Gasteiger partial charge in [-0.3, -0.25) is 0 Å². The lowest BCUT2D eigenvalue weighted by Gasteiger charge is -2.03. The molecule has 102 valence electrons. The highest BCUT2D eigenvalue weighted by Crippen LogP contribution is 2.30. The summed E-state index contributed by atoms with van der Waals surface area (Å²) in [6.07, 6.45) is 3.10. The molecule has 0 aliphatic carbocycles. The van der Waals surface area contributed by atoms with Crippen molar-refractivity contribution >= 4 is 33.4 Å². The molecular weight excluding hydrogens is 326 g/mol. The van der Waals surface area contributed by atoms with E-state index in [1.54, 1.807) is 11.8 Å². The normalized spacial score (nSPS) is 10.8. The number of thioether (sulfide) groups is 1. The Labute approximate surface area is 125 Å². The van der Waals surface area contributed by atoms with E-state index >= 15 is 0 Å². The maximum Gasteiger partial charge on any atom is 0.237 e. The minimum atomic E-state index is 0.639. The molecule has 0 spiro atoms. The highest BCUT2D eigenvalue weighted by atomic mass is 79.9. The van der Waals surface area contributed by atoms with E-state index in [-0.39, 0.29) is 0 Å². The molecule has 2 aromatic rings. The number of rotatable bonds is 6. The van der Waals surface area contributed by atoms with Gasteiger partial charge in [0.05, 0.1) is 5.75 Å². The highest BCUT2D eigenvalue weighted by molar-refractivity contribution is 9.10. The number of hydrogen-bond donors (Lipinski definition) is 1. The standard InChI is InChI=1S/C13H16BrN3OS/c1-2-3-4-12-16-13(18-17-12)8-19-11-7-9(14)5-6-10(11)15/h5-7H,2-4,8,15H2,1H3. The van der Waals surface area contributed by atoms with Crippen LogP contribution in [0.3, 0.4) is 0 Å². The average molecular weight is 342 g/mol. The van der Waals surface area contributed by atoms with E-state index < -0.39 is 0 Å². The van der Waals surface area contributed by atoms with Crippen LogP contribution in [-0.4, -0.2) is 10.1 Å². The quantitative estimate of drug-likeness (QED) is 0.634. The third-order valence-electron chi connectivity index (χ3n) is 2.59. The monoisotopic (exact) mass is 341 g/mol. The van der Waals surface area contributed by atoms with Crippen LogP contribution in [0.25, 0.3) is 0 Å². The molecule has 19 heavy (non-hydrogen) atoms. The third kappa shape index (κ3) is 4.24. The summed E-state index contributed by atoms with van der Waals surface area (Å²) in [4.78, 5) is 5.38. The van der Waals surface area contributed by atoms with E-state index in [0.717, 1.165) is 40.1 Å². The summed E-state index contributed by atoms with van der Waals surface area (Å²) in [6.45, 7) is 2.15. The first-order chi connectivity index (χ1) is 9.19. The van der Waals surface area contributed by atoms with Crippen molar-refractivity contribution in [3.63, 3.8) is 0 Å². The van der Waals surface area contributed by atoms with Crippen molar-refractivity contribution in [1.82, 2.24) is 10.1 Å². The van der Waals surface area contributed by atoms with Crippen LogP contribution >= 0.6 is 27.7 Å². The van der Waals surface area contributed by atoms with Crippen LogP contribution in [0, 0.1) is 0 Å². The van der Waals surface area contributed by atoms with Crippen molar-refractivity contribution < 1.29 is 4.52 Å². The van der Waals surface area contributed by atoms with E-state index in [1.165, 1.54) is 0 Å². The third-order valence-corrected chi connectivity index (χ3v) is 4.14. The van der Waals surface area contributed by atoms with Gasteiger partial charge >= 0.3 is 0 Å². The zero-order valence-corrected chi connectivity index (χ0v) is 13.1. The van der Waals surface area contributed by atoms with Crippen LogP contribution < -0.4 is 5.73 Å². The van der Waals surface area contributed by atoms with Gasteiger partial charge in [0.1, 0.15) is 0 Å². The number of nitrogens with zero attached hydrogens (tertiary/aromatic N) is 2. The van der Waals surface area contributed by atoms with Gasteiger partial charge in [-0.1, -0.05) is 34.4 Å². The maximum atomic E-state index is 5.92. The summed E-state index contributed by atoms with van der Waals surface area (Å²) in [5.41, 5.74) is 6.68. The topological polar surface area (TPSA) is 64.9 Å². The van der Waals surface area contributed by atoms with Gasteiger partial charge in [-0.25, -0.2) is 0 Å². The minimum Gasteiger partial charge on any atom is -0.398 e. The molecule has 0 bridgehead atoms. The van der Waals surface area contributed by atoms with Crippen LogP contribution in [0.15, 0.2) is 32.1 Å². The summed E-state index contributed by atoms with van der Waals surface area (Å²) in [5, 5.41) is 3.97. The minimum absolute atomic E-state index is 0.639. The lowest BCUT2D eigenvalue weighted by atomic mass is 10.2. The first-order valence-electron chi connectivity index (χ1n) is 6.18. The van der Waals surface area contributed by atoms with Gasteiger partial charge in [0, 0.05) is 21.5 Å². The highest BCUT2D eigenvalue weighted by Gasteiger charge is 2.08. The van der Waals surface area contributed by atoms with Crippen LogP contribution in [0.1, 0.15) is 31.5 Å². The average Bonchev–Trinajstić information content (AvgIpc) is 2.85. The predicted molar refractivity (Wildman–Crippen MR) is 81.0 cm³/mol. The van der Waals surface area contributed by atoms with Crippen molar-refractivity contribution in [1.29, 1.82) is 0 Å². The van der Waals surface area contributed by atoms with E-state index in [1.807, 2.05) is 18.2 Å². The number of benzene rings is 1. The lowest BCUT2D eigenvalue weighted by molar-refractivity contribution is 0.384. The Hall–Kier alpha value is -1.01. The second kappa shape index (κ2) is 6.96. The smallest absolute Gasteiger partial charge is 0.237 e. The lowest BCUT2D eigenvalue weighted by Crippen LogP contribution is -1.90. The van der Waals surface area contributed by atoms with Crippen molar-refractivity contribution in [3.05, 3.63) is 34.4 Å². The number of halogens is 1. The van der Waals surface area contributed by atoms with Crippen molar-refractivity contribution in [2.45, 2.75) is 36.8 Å². The second-order valence-corrected chi connectivity index (χ2v) is 6.11. The van der Waals surface area contributed by atoms with Crippen LogP contribution in [-0.2, 0) is 12.2 Å². The molecule has 0 atom stereocenters.